The largest absolute Gasteiger partial charge is 0.383 e. The lowest BCUT2D eigenvalue weighted by atomic mass is 9.84. The molecule has 0 aromatic heterocycles. The van der Waals surface area contributed by atoms with Gasteiger partial charge in [-0.05, 0) is 42.2 Å². The molecule has 1 aliphatic rings. The number of hydrogen-bond acceptors (Lipinski definition) is 2. The third-order valence-electron chi connectivity index (χ3n) is 4.18. The van der Waals surface area contributed by atoms with E-state index < -0.39 is 5.60 Å². The predicted molar refractivity (Wildman–Crippen MR) is 76.7 cm³/mol. The van der Waals surface area contributed by atoms with E-state index in [1.807, 2.05) is 24.3 Å². The van der Waals surface area contributed by atoms with Crippen LogP contribution in [-0.2, 0) is 12.1 Å². The van der Waals surface area contributed by atoms with Crippen LogP contribution in [0.1, 0.15) is 35.2 Å². The molecule has 2 nitrogen and oxygen atoms in total. The van der Waals surface area contributed by atoms with Gasteiger partial charge >= 0.3 is 0 Å². The highest BCUT2D eigenvalue weighted by Gasteiger charge is 2.38. The number of aryl methyl sites for hydroxylation is 1. The third-order valence-corrected chi connectivity index (χ3v) is 4.18. The Kier molecular flexibility index (Phi) is 3.11. The van der Waals surface area contributed by atoms with Gasteiger partial charge in [-0.3, -0.25) is 0 Å². The van der Waals surface area contributed by atoms with Gasteiger partial charge in [-0.2, -0.15) is 0 Å². The van der Waals surface area contributed by atoms with Crippen LogP contribution >= 0.6 is 0 Å². The Morgan fingerprint density at radius 2 is 2.00 bits per heavy atom. The number of rotatable bonds is 2. The number of halogens is 1. The molecule has 20 heavy (non-hydrogen) atoms. The second kappa shape index (κ2) is 4.69. The van der Waals surface area contributed by atoms with Crippen LogP contribution in [0.5, 0.6) is 0 Å². The summed E-state index contributed by atoms with van der Waals surface area (Å²) in [6, 6.07) is 12.7. The fraction of sp³-hybridized carbons (Fsp3) is 0.294. The minimum absolute atomic E-state index is 0.221. The molecular weight excluding hydrogens is 253 g/mol. The molecule has 2 aromatic rings. The van der Waals surface area contributed by atoms with Crippen molar-refractivity contribution in [3.05, 3.63) is 70.5 Å². The van der Waals surface area contributed by atoms with Crippen molar-refractivity contribution in [3.63, 3.8) is 0 Å². The van der Waals surface area contributed by atoms with Crippen molar-refractivity contribution in [2.45, 2.75) is 32.0 Å². The molecule has 0 radical (unpaired) electrons. The Balaban J connectivity index is 2.02. The van der Waals surface area contributed by atoms with Crippen molar-refractivity contribution in [1.29, 1.82) is 0 Å². The SMILES string of the molecule is Cc1ccc(C(C)(O)C2NCc3ccccc32)cc1F. The Morgan fingerprint density at radius 3 is 2.75 bits per heavy atom. The van der Waals surface area contributed by atoms with Gasteiger partial charge in [-0.25, -0.2) is 4.39 Å². The number of fused-ring (bicyclic) bond motifs is 1. The van der Waals surface area contributed by atoms with E-state index in [9.17, 15) is 9.50 Å². The van der Waals surface area contributed by atoms with E-state index in [2.05, 4.69) is 5.32 Å². The summed E-state index contributed by atoms with van der Waals surface area (Å²) in [5.74, 6) is -0.283. The zero-order valence-electron chi connectivity index (χ0n) is 11.7. The topological polar surface area (TPSA) is 32.3 Å². The Morgan fingerprint density at radius 1 is 1.25 bits per heavy atom. The van der Waals surface area contributed by atoms with Gasteiger partial charge in [-0.15, -0.1) is 0 Å². The molecule has 0 saturated heterocycles. The average molecular weight is 271 g/mol. The van der Waals surface area contributed by atoms with Crippen LogP contribution in [0.2, 0.25) is 0 Å². The van der Waals surface area contributed by atoms with E-state index in [0.717, 1.165) is 12.1 Å². The van der Waals surface area contributed by atoms with Crippen molar-refractivity contribution in [3.8, 4) is 0 Å². The van der Waals surface area contributed by atoms with E-state index in [1.54, 1.807) is 26.0 Å². The molecule has 2 unspecified atom stereocenters. The molecule has 0 spiro atoms. The summed E-state index contributed by atoms with van der Waals surface area (Å²) in [5, 5.41) is 14.2. The molecule has 0 aliphatic carbocycles. The zero-order valence-corrected chi connectivity index (χ0v) is 11.7. The quantitative estimate of drug-likeness (QED) is 0.879. The second-order valence-corrected chi connectivity index (χ2v) is 5.62. The smallest absolute Gasteiger partial charge is 0.126 e. The molecule has 104 valence electrons. The summed E-state index contributed by atoms with van der Waals surface area (Å²) in [4.78, 5) is 0. The lowest BCUT2D eigenvalue weighted by Crippen LogP contribution is -2.36. The normalized spacial score (nSPS) is 20.5. The molecule has 2 aromatic carbocycles. The molecule has 2 N–H and O–H groups in total. The number of hydrogen-bond donors (Lipinski definition) is 2. The first-order valence-corrected chi connectivity index (χ1v) is 6.80. The molecule has 3 rings (SSSR count). The molecule has 3 heteroatoms. The summed E-state index contributed by atoms with van der Waals surface area (Å²) in [7, 11) is 0. The van der Waals surface area contributed by atoms with E-state index in [4.69, 9.17) is 0 Å². The van der Waals surface area contributed by atoms with Crippen LogP contribution in [0.15, 0.2) is 42.5 Å². The predicted octanol–water partition coefficient (Wildman–Crippen LogP) is 3.19. The van der Waals surface area contributed by atoms with Crippen LogP contribution in [0.4, 0.5) is 4.39 Å². The number of aliphatic hydroxyl groups is 1. The maximum absolute atomic E-state index is 13.8. The fourth-order valence-electron chi connectivity index (χ4n) is 2.87. The van der Waals surface area contributed by atoms with Crippen molar-refractivity contribution >= 4 is 0 Å². The molecule has 0 amide bonds. The van der Waals surface area contributed by atoms with Gasteiger partial charge in [0, 0.05) is 6.54 Å². The van der Waals surface area contributed by atoms with Crippen LogP contribution < -0.4 is 5.32 Å². The fourth-order valence-corrected chi connectivity index (χ4v) is 2.87. The van der Waals surface area contributed by atoms with Crippen molar-refractivity contribution in [1.82, 2.24) is 5.32 Å². The molecular formula is C17H18FNO. The van der Waals surface area contributed by atoms with Gasteiger partial charge < -0.3 is 10.4 Å². The van der Waals surface area contributed by atoms with Gasteiger partial charge in [0.1, 0.15) is 11.4 Å². The van der Waals surface area contributed by atoms with Gasteiger partial charge in [0.25, 0.3) is 0 Å². The minimum atomic E-state index is -1.15. The second-order valence-electron chi connectivity index (χ2n) is 5.62. The summed E-state index contributed by atoms with van der Waals surface area (Å²) in [6.45, 7) is 4.18. The number of nitrogens with one attached hydrogen (secondary N) is 1. The molecule has 1 aliphatic heterocycles. The van der Waals surface area contributed by atoms with Crippen LogP contribution in [0.3, 0.4) is 0 Å². The lowest BCUT2D eigenvalue weighted by Gasteiger charge is -2.31. The first kappa shape index (κ1) is 13.3. The van der Waals surface area contributed by atoms with Crippen molar-refractivity contribution in [2.24, 2.45) is 0 Å². The van der Waals surface area contributed by atoms with Gasteiger partial charge in [-0.1, -0.05) is 36.4 Å². The van der Waals surface area contributed by atoms with Gasteiger partial charge in [0.2, 0.25) is 0 Å². The summed E-state index contributed by atoms with van der Waals surface area (Å²) >= 11 is 0. The average Bonchev–Trinajstić information content (AvgIpc) is 2.86. The van der Waals surface area contributed by atoms with Crippen LogP contribution in [0.25, 0.3) is 0 Å². The highest BCUT2D eigenvalue weighted by atomic mass is 19.1. The summed E-state index contributed by atoms with van der Waals surface area (Å²) in [6.07, 6.45) is 0. The molecule has 0 bridgehead atoms. The summed E-state index contributed by atoms with van der Waals surface area (Å²) in [5.41, 5.74) is 2.30. The maximum Gasteiger partial charge on any atom is 0.126 e. The lowest BCUT2D eigenvalue weighted by molar-refractivity contribution is 0.0174. The first-order valence-electron chi connectivity index (χ1n) is 6.80. The van der Waals surface area contributed by atoms with Crippen molar-refractivity contribution in [2.75, 3.05) is 0 Å². The Hall–Kier alpha value is -1.71. The zero-order chi connectivity index (χ0) is 14.3. The van der Waals surface area contributed by atoms with E-state index >= 15 is 0 Å². The van der Waals surface area contributed by atoms with Crippen LogP contribution in [0, 0.1) is 12.7 Å². The minimum Gasteiger partial charge on any atom is -0.383 e. The molecule has 1 heterocycles. The van der Waals surface area contributed by atoms with E-state index in [1.165, 1.54) is 11.6 Å². The number of benzene rings is 2. The third kappa shape index (κ3) is 2.03. The van der Waals surface area contributed by atoms with Crippen LogP contribution in [-0.4, -0.2) is 5.11 Å². The van der Waals surface area contributed by atoms with E-state index in [0.29, 0.717) is 11.1 Å². The molecule has 0 saturated carbocycles. The first-order chi connectivity index (χ1) is 9.50. The highest BCUT2D eigenvalue weighted by Crippen LogP contribution is 2.39. The Bertz CT molecular complexity index is 651. The Labute approximate surface area is 118 Å². The standard InChI is InChI=1S/C17H18FNO/c1-11-7-8-13(9-15(11)18)17(2,20)16-14-6-4-3-5-12(14)10-19-16/h3-9,16,19-20H,10H2,1-2H3. The monoisotopic (exact) mass is 271 g/mol. The van der Waals surface area contributed by atoms with Gasteiger partial charge in [0.05, 0.1) is 6.04 Å². The van der Waals surface area contributed by atoms with E-state index in [-0.39, 0.29) is 11.9 Å². The van der Waals surface area contributed by atoms with Gasteiger partial charge in [0.15, 0.2) is 0 Å². The molecule has 2 atom stereocenters. The molecule has 0 fully saturated rings. The maximum atomic E-state index is 13.8. The highest BCUT2D eigenvalue weighted by molar-refractivity contribution is 5.39. The summed E-state index contributed by atoms with van der Waals surface area (Å²) < 4.78 is 13.8. The van der Waals surface area contributed by atoms with Crippen molar-refractivity contribution < 1.29 is 9.50 Å².